The Morgan fingerprint density at radius 3 is 2.69 bits per heavy atom. The molecule has 0 aliphatic heterocycles. The fourth-order valence-electron chi connectivity index (χ4n) is 4.36. The van der Waals surface area contributed by atoms with Gasteiger partial charge in [-0.05, 0) is 55.7 Å². The van der Waals surface area contributed by atoms with Crippen LogP contribution in [0.5, 0.6) is 0 Å². The lowest BCUT2D eigenvalue weighted by atomic mass is 9.54. The summed E-state index contributed by atoms with van der Waals surface area (Å²) in [6, 6.07) is 10.6. The molecule has 26 heavy (non-hydrogen) atoms. The number of allylic oxidation sites excluding steroid dienone is 2. The Morgan fingerprint density at radius 2 is 2.04 bits per heavy atom. The number of nitrogens with zero attached hydrogens (tertiary/aromatic N) is 3. The monoisotopic (exact) mass is 362 g/mol. The van der Waals surface area contributed by atoms with Gasteiger partial charge in [0.1, 0.15) is 5.92 Å². The second kappa shape index (κ2) is 7.45. The van der Waals surface area contributed by atoms with Gasteiger partial charge in [-0.3, -0.25) is 0 Å². The highest BCUT2D eigenvalue weighted by Crippen LogP contribution is 2.56. The molecule has 3 atom stereocenters. The second-order valence-electron chi connectivity index (χ2n) is 7.13. The van der Waals surface area contributed by atoms with E-state index in [9.17, 15) is 15.8 Å². The first kappa shape index (κ1) is 18.4. The molecule has 1 aromatic rings. The van der Waals surface area contributed by atoms with E-state index in [-0.39, 0.29) is 17.5 Å². The van der Waals surface area contributed by atoms with Gasteiger partial charge in [-0.15, -0.1) is 11.3 Å². The number of fused-ring (bicyclic) bond motifs is 1. The molecule has 0 aromatic carbocycles. The van der Waals surface area contributed by atoms with E-state index < -0.39 is 11.3 Å². The maximum Gasteiger partial charge on any atom is 0.190 e. The summed E-state index contributed by atoms with van der Waals surface area (Å²) in [6.07, 6.45) is 8.10. The number of rotatable bonds is 4. The zero-order valence-electron chi connectivity index (χ0n) is 15.0. The summed E-state index contributed by atoms with van der Waals surface area (Å²) in [6.45, 7) is 2.16. The van der Waals surface area contributed by atoms with Gasteiger partial charge in [-0.2, -0.15) is 15.8 Å². The van der Waals surface area contributed by atoms with Crippen LogP contribution in [0.25, 0.3) is 0 Å². The van der Waals surface area contributed by atoms with Gasteiger partial charge < -0.3 is 5.41 Å². The van der Waals surface area contributed by atoms with Crippen molar-refractivity contribution in [1.82, 2.24) is 0 Å². The molecule has 0 bridgehead atoms. The van der Waals surface area contributed by atoms with Crippen molar-refractivity contribution in [2.75, 3.05) is 0 Å². The van der Waals surface area contributed by atoms with Gasteiger partial charge >= 0.3 is 0 Å². The molecule has 1 heterocycles. The third kappa shape index (κ3) is 2.76. The van der Waals surface area contributed by atoms with Crippen LogP contribution in [-0.4, -0.2) is 5.71 Å². The molecule has 4 nitrogen and oxygen atoms in total. The average molecular weight is 363 g/mol. The first-order valence-corrected chi connectivity index (χ1v) is 10.0. The smallest absolute Gasteiger partial charge is 0.190 e. The number of aryl methyl sites for hydroxylation is 1. The molecule has 1 saturated carbocycles. The van der Waals surface area contributed by atoms with Crippen LogP contribution >= 0.6 is 11.3 Å². The molecule has 0 radical (unpaired) electrons. The minimum atomic E-state index is -1.55. The molecule has 3 rings (SSSR count). The van der Waals surface area contributed by atoms with Gasteiger partial charge in [0.25, 0.3) is 0 Å². The Labute approximate surface area is 158 Å². The van der Waals surface area contributed by atoms with Crippen LogP contribution in [0.15, 0.2) is 23.8 Å². The number of nitrogens with one attached hydrogen (secondary N) is 1. The van der Waals surface area contributed by atoms with Crippen molar-refractivity contribution >= 4 is 17.0 Å². The SMILES string of the molecule is CCCCc1ccc(C2C3CCCC=C3C(C#N)C(=N)C2(C#N)C#N)s1. The van der Waals surface area contributed by atoms with Crippen LogP contribution in [0.2, 0.25) is 0 Å². The van der Waals surface area contributed by atoms with E-state index >= 15 is 0 Å². The van der Waals surface area contributed by atoms with Crippen molar-refractivity contribution in [3.63, 3.8) is 0 Å². The van der Waals surface area contributed by atoms with Gasteiger partial charge in [0.15, 0.2) is 5.41 Å². The standard InChI is InChI=1S/C21H22N4S/c1-2-3-6-14-9-10-18(26-14)19-16-8-5-4-7-15(16)17(11-22)20(25)21(19,12-23)13-24/h7,9-10,16-17,19,25H,2-6,8H2,1H3. The third-order valence-corrected chi connectivity index (χ3v) is 6.92. The van der Waals surface area contributed by atoms with E-state index in [0.717, 1.165) is 49.0 Å². The molecular weight excluding hydrogens is 340 g/mol. The molecule has 1 fully saturated rings. The fraction of sp³-hybridized carbons (Fsp3) is 0.524. The number of hydrogen-bond acceptors (Lipinski definition) is 5. The molecule has 3 unspecified atom stereocenters. The van der Waals surface area contributed by atoms with Crippen LogP contribution in [0.4, 0.5) is 0 Å². The highest BCUT2D eigenvalue weighted by molar-refractivity contribution is 7.12. The summed E-state index contributed by atoms with van der Waals surface area (Å²) in [5.74, 6) is -1.09. The lowest BCUT2D eigenvalue weighted by Gasteiger charge is -2.45. The maximum absolute atomic E-state index is 9.96. The molecule has 2 aliphatic rings. The fourth-order valence-corrected chi connectivity index (χ4v) is 5.65. The van der Waals surface area contributed by atoms with E-state index in [1.807, 2.05) is 6.07 Å². The summed E-state index contributed by atoms with van der Waals surface area (Å²) in [5, 5.41) is 38.1. The van der Waals surface area contributed by atoms with Gasteiger partial charge in [0, 0.05) is 15.7 Å². The van der Waals surface area contributed by atoms with E-state index in [0.29, 0.717) is 0 Å². The number of hydrogen-bond donors (Lipinski definition) is 1. The minimum absolute atomic E-state index is 0.000486. The molecule has 0 amide bonds. The number of nitriles is 3. The van der Waals surface area contributed by atoms with Crippen LogP contribution in [0, 0.1) is 56.7 Å². The quantitative estimate of drug-likeness (QED) is 0.754. The van der Waals surface area contributed by atoms with E-state index in [4.69, 9.17) is 5.41 Å². The predicted molar refractivity (Wildman–Crippen MR) is 102 cm³/mol. The summed E-state index contributed by atoms with van der Waals surface area (Å²) < 4.78 is 0. The van der Waals surface area contributed by atoms with Gasteiger partial charge in [-0.1, -0.05) is 19.4 Å². The summed E-state index contributed by atoms with van der Waals surface area (Å²) in [4.78, 5) is 2.28. The Bertz CT molecular complexity index is 844. The average Bonchev–Trinajstić information content (AvgIpc) is 3.14. The van der Waals surface area contributed by atoms with Crippen LogP contribution in [0.1, 0.15) is 54.7 Å². The first-order valence-electron chi connectivity index (χ1n) is 9.22. The summed E-state index contributed by atoms with van der Waals surface area (Å²) >= 11 is 1.67. The Morgan fingerprint density at radius 1 is 1.27 bits per heavy atom. The van der Waals surface area contributed by atoms with Gasteiger partial charge in [0.05, 0.1) is 23.9 Å². The molecule has 0 spiro atoms. The lowest BCUT2D eigenvalue weighted by molar-refractivity contribution is 0.324. The molecule has 1 N–H and O–H groups in total. The van der Waals surface area contributed by atoms with E-state index in [1.54, 1.807) is 11.3 Å². The van der Waals surface area contributed by atoms with Crippen molar-refractivity contribution in [3.8, 4) is 18.2 Å². The minimum Gasteiger partial charge on any atom is -0.305 e. The van der Waals surface area contributed by atoms with E-state index in [2.05, 4.69) is 37.3 Å². The third-order valence-electron chi connectivity index (χ3n) is 5.69. The number of unbranched alkanes of at least 4 members (excludes halogenated alkanes) is 1. The topological polar surface area (TPSA) is 95.2 Å². The highest BCUT2D eigenvalue weighted by Gasteiger charge is 2.57. The van der Waals surface area contributed by atoms with Gasteiger partial charge in [-0.25, -0.2) is 0 Å². The van der Waals surface area contributed by atoms with Crippen molar-refractivity contribution < 1.29 is 0 Å². The van der Waals surface area contributed by atoms with E-state index in [1.165, 1.54) is 4.88 Å². The second-order valence-corrected chi connectivity index (χ2v) is 8.33. The molecule has 132 valence electrons. The van der Waals surface area contributed by atoms with Crippen molar-refractivity contribution in [2.24, 2.45) is 17.3 Å². The highest BCUT2D eigenvalue weighted by atomic mass is 32.1. The zero-order chi connectivity index (χ0) is 18.7. The molecule has 2 aliphatic carbocycles. The molecular formula is C21H22N4S. The Balaban J connectivity index is 2.12. The Hall–Kier alpha value is -2.42. The largest absolute Gasteiger partial charge is 0.305 e. The number of thiophene rings is 1. The van der Waals surface area contributed by atoms with Crippen molar-refractivity contribution in [2.45, 2.75) is 51.4 Å². The van der Waals surface area contributed by atoms with Crippen LogP contribution < -0.4 is 0 Å². The predicted octanol–water partition coefficient (Wildman–Crippen LogP) is 5.11. The molecule has 1 aromatic heterocycles. The first-order chi connectivity index (χ1) is 12.6. The van der Waals surface area contributed by atoms with Crippen molar-refractivity contribution in [1.29, 1.82) is 21.2 Å². The zero-order valence-corrected chi connectivity index (χ0v) is 15.8. The van der Waals surface area contributed by atoms with Crippen LogP contribution in [-0.2, 0) is 6.42 Å². The molecule has 5 heteroatoms. The maximum atomic E-state index is 9.96. The normalized spacial score (nSPS) is 26.8. The van der Waals surface area contributed by atoms with Crippen molar-refractivity contribution in [3.05, 3.63) is 33.5 Å². The van der Waals surface area contributed by atoms with Crippen LogP contribution in [0.3, 0.4) is 0 Å². The van der Waals surface area contributed by atoms with Gasteiger partial charge in [0.2, 0.25) is 0 Å². The Kier molecular flexibility index (Phi) is 5.26. The summed E-state index contributed by atoms with van der Waals surface area (Å²) in [5.41, 5.74) is -0.631. The molecule has 0 saturated heterocycles. The summed E-state index contributed by atoms with van der Waals surface area (Å²) in [7, 11) is 0. The lowest BCUT2D eigenvalue weighted by Crippen LogP contribution is -2.48.